The minimum Gasteiger partial charge on any atom is -0.481 e. The standard InChI is InChI=1S/C13H23N3O3/c1-15-5-4-11(9-15)14-8-12(17)16-6-2-10(3-7-16)13(18)19/h10-11,14H,2-9H2,1H3,(H,18,19). The van der Waals surface area contributed by atoms with Gasteiger partial charge in [-0.15, -0.1) is 0 Å². The third-order valence-electron chi connectivity index (χ3n) is 4.13. The van der Waals surface area contributed by atoms with Crippen LogP contribution < -0.4 is 5.32 Å². The lowest BCUT2D eigenvalue weighted by Crippen LogP contribution is -2.46. The molecule has 1 atom stereocenters. The van der Waals surface area contributed by atoms with Crippen LogP contribution in [0.5, 0.6) is 0 Å². The summed E-state index contributed by atoms with van der Waals surface area (Å²) in [6, 6.07) is 0.408. The summed E-state index contributed by atoms with van der Waals surface area (Å²) < 4.78 is 0. The SMILES string of the molecule is CN1CCC(NCC(=O)N2CCC(C(=O)O)CC2)C1. The van der Waals surface area contributed by atoms with E-state index in [0.717, 1.165) is 19.5 Å². The predicted octanol–water partition coefficient (Wildman–Crippen LogP) is -0.397. The lowest BCUT2D eigenvalue weighted by Gasteiger charge is -2.30. The van der Waals surface area contributed by atoms with Crippen LogP contribution in [0.4, 0.5) is 0 Å². The number of nitrogens with one attached hydrogen (secondary N) is 1. The summed E-state index contributed by atoms with van der Waals surface area (Å²) >= 11 is 0. The third-order valence-corrected chi connectivity index (χ3v) is 4.13. The fourth-order valence-electron chi connectivity index (χ4n) is 2.82. The Kier molecular flexibility index (Phi) is 4.76. The Balaban J connectivity index is 1.68. The molecular weight excluding hydrogens is 246 g/mol. The van der Waals surface area contributed by atoms with Gasteiger partial charge in [-0.25, -0.2) is 0 Å². The molecule has 0 bridgehead atoms. The fraction of sp³-hybridized carbons (Fsp3) is 0.846. The monoisotopic (exact) mass is 269 g/mol. The first-order chi connectivity index (χ1) is 9.06. The second-order valence-electron chi connectivity index (χ2n) is 5.62. The first-order valence-electron chi connectivity index (χ1n) is 6.99. The number of likely N-dealkylation sites (tertiary alicyclic amines) is 2. The number of carboxylic acid groups (broad SMARTS) is 1. The Morgan fingerprint density at radius 3 is 2.42 bits per heavy atom. The van der Waals surface area contributed by atoms with Gasteiger partial charge in [0.1, 0.15) is 0 Å². The Labute approximate surface area is 113 Å². The normalized spacial score (nSPS) is 25.7. The Hall–Kier alpha value is -1.14. The highest BCUT2D eigenvalue weighted by Gasteiger charge is 2.27. The number of piperidine rings is 1. The summed E-state index contributed by atoms with van der Waals surface area (Å²) in [5.74, 6) is -0.918. The van der Waals surface area contributed by atoms with Crippen LogP contribution in [0.3, 0.4) is 0 Å². The fourth-order valence-corrected chi connectivity index (χ4v) is 2.82. The zero-order valence-corrected chi connectivity index (χ0v) is 11.5. The smallest absolute Gasteiger partial charge is 0.306 e. The zero-order chi connectivity index (χ0) is 13.8. The van der Waals surface area contributed by atoms with Gasteiger partial charge in [0.25, 0.3) is 0 Å². The lowest BCUT2D eigenvalue weighted by molar-refractivity contribution is -0.145. The van der Waals surface area contributed by atoms with Crippen molar-refractivity contribution in [2.45, 2.75) is 25.3 Å². The van der Waals surface area contributed by atoms with Crippen molar-refractivity contribution in [1.82, 2.24) is 15.1 Å². The van der Waals surface area contributed by atoms with Gasteiger partial charge in [-0.05, 0) is 32.9 Å². The first-order valence-corrected chi connectivity index (χ1v) is 6.99. The van der Waals surface area contributed by atoms with Crippen molar-refractivity contribution in [3.8, 4) is 0 Å². The molecule has 6 heteroatoms. The van der Waals surface area contributed by atoms with Gasteiger partial charge in [0.2, 0.25) is 5.91 Å². The van der Waals surface area contributed by atoms with Crippen LogP contribution in [0.2, 0.25) is 0 Å². The largest absolute Gasteiger partial charge is 0.481 e. The van der Waals surface area contributed by atoms with Crippen LogP contribution in [0.15, 0.2) is 0 Å². The van der Waals surface area contributed by atoms with Crippen molar-refractivity contribution >= 4 is 11.9 Å². The second kappa shape index (κ2) is 6.34. The molecule has 2 heterocycles. The van der Waals surface area contributed by atoms with E-state index in [0.29, 0.717) is 38.5 Å². The molecule has 2 N–H and O–H groups in total. The van der Waals surface area contributed by atoms with Crippen molar-refractivity contribution in [1.29, 1.82) is 0 Å². The van der Waals surface area contributed by atoms with Gasteiger partial charge >= 0.3 is 5.97 Å². The molecule has 108 valence electrons. The number of likely N-dealkylation sites (N-methyl/N-ethyl adjacent to an activating group) is 1. The average molecular weight is 269 g/mol. The predicted molar refractivity (Wildman–Crippen MR) is 70.8 cm³/mol. The van der Waals surface area contributed by atoms with Crippen molar-refractivity contribution < 1.29 is 14.7 Å². The number of carbonyl (C=O) groups is 2. The molecule has 1 amide bonds. The van der Waals surface area contributed by atoms with Crippen LogP contribution in [0, 0.1) is 5.92 Å². The first kappa shape index (κ1) is 14.3. The Bertz CT molecular complexity index is 340. The highest BCUT2D eigenvalue weighted by atomic mass is 16.4. The van der Waals surface area contributed by atoms with Gasteiger partial charge in [-0.1, -0.05) is 0 Å². The molecule has 0 aromatic heterocycles. The number of amides is 1. The van der Waals surface area contributed by atoms with Crippen molar-refractivity contribution in [3.05, 3.63) is 0 Å². The molecule has 0 aromatic carbocycles. The maximum absolute atomic E-state index is 12.0. The van der Waals surface area contributed by atoms with E-state index in [1.54, 1.807) is 4.90 Å². The molecule has 2 aliphatic rings. The molecule has 0 radical (unpaired) electrons. The topological polar surface area (TPSA) is 72.9 Å². The molecule has 1 unspecified atom stereocenters. The lowest BCUT2D eigenvalue weighted by atomic mass is 9.97. The van der Waals surface area contributed by atoms with Crippen LogP contribution in [-0.2, 0) is 9.59 Å². The Morgan fingerprint density at radius 1 is 1.21 bits per heavy atom. The number of hydrogen-bond acceptors (Lipinski definition) is 4. The maximum atomic E-state index is 12.0. The van der Waals surface area contributed by atoms with Gasteiger partial charge in [0, 0.05) is 25.7 Å². The van der Waals surface area contributed by atoms with Crippen molar-refractivity contribution in [2.75, 3.05) is 39.8 Å². The number of rotatable bonds is 4. The van der Waals surface area contributed by atoms with Crippen LogP contribution in [-0.4, -0.2) is 72.6 Å². The van der Waals surface area contributed by atoms with E-state index in [4.69, 9.17) is 5.11 Å². The van der Waals surface area contributed by atoms with Crippen LogP contribution in [0.1, 0.15) is 19.3 Å². The van der Waals surface area contributed by atoms with Gasteiger partial charge in [0.05, 0.1) is 12.5 Å². The second-order valence-corrected chi connectivity index (χ2v) is 5.62. The minimum atomic E-state index is -0.737. The molecule has 2 fully saturated rings. The van der Waals surface area contributed by atoms with Crippen LogP contribution >= 0.6 is 0 Å². The molecule has 0 saturated carbocycles. The molecular formula is C13H23N3O3. The van der Waals surface area contributed by atoms with E-state index in [2.05, 4.69) is 17.3 Å². The van der Waals surface area contributed by atoms with Gasteiger partial charge < -0.3 is 20.2 Å². The van der Waals surface area contributed by atoms with Crippen molar-refractivity contribution in [2.24, 2.45) is 5.92 Å². The van der Waals surface area contributed by atoms with Gasteiger partial charge in [-0.3, -0.25) is 9.59 Å². The summed E-state index contributed by atoms with van der Waals surface area (Å²) in [6.45, 7) is 3.59. The quantitative estimate of drug-likeness (QED) is 0.727. The van der Waals surface area contributed by atoms with E-state index in [9.17, 15) is 9.59 Å². The van der Waals surface area contributed by atoms with Gasteiger partial charge in [-0.2, -0.15) is 0 Å². The molecule has 0 aliphatic carbocycles. The van der Waals surface area contributed by atoms with E-state index in [1.165, 1.54) is 0 Å². The number of carboxylic acids is 1. The van der Waals surface area contributed by atoms with Crippen molar-refractivity contribution in [3.63, 3.8) is 0 Å². The highest BCUT2D eigenvalue weighted by Crippen LogP contribution is 2.17. The molecule has 2 rings (SSSR count). The summed E-state index contributed by atoms with van der Waals surface area (Å²) in [5, 5.41) is 12.2. The maximum Gasteiger partial charge on any atom is 0.306 e. The van der Waals surface area contributed by atoms with E-state index in [-0.39, 0.29) is 11.8 Å². The summed E-state index contributed by atoms with van der Waals surface area (Å²) in [4.78, 5) is 26.9. The van der Waals surface area contributed by atoms with E-state index >= 15 is 0 Å². The summed E-state index contributed by atoms with van der Waals surface area (Å²) in [5.41, 5.74) is 0. The summed E-state index contributed by atoms with van der Waals surface area (Å²) in [7, 11) is 2.08. The molecule has 2 saturated heterocycles. The molecule has 2 aliphatic heterocycles. The van der Waals surface area contributed by atoms with Crippen LogP contribution in [0.25, 0.3) is 0 Å². The zero-order valence-electron chi connectivity index (χ0n) is 11.5. The molecule has 19 heavy (non-hydrogen) atoms. The average Bonchev–Trinajstić information content (AvgIpc) is 2.82. The molecule has 0 aromatic rings. The molecule has 0 spiro atoms. The van der Waals surface area contributed by atoms with Gasteiger partial charge in [0.15, 0.2) is 0 Å². The number of hydrogen-bond donors (Lipinski definition) is 2. The number of carbonyl (C=O) groups excluding carboxylic acids is 1. The molecule has 6 nitrogen and oxygen atoms in total. The van der Waals surface area contributed by atoms with E-state index < -0.39 is 5.97 Å². The number of aliphatic carboxylic acids is 1. The minimum absolute atomic E-state index is 0.0957. The number of nitrogens with zero attached hydrogens (tertiary/aromatic N) is 2. The Morgan fingerprint density at radius 2 is 1.89 bits per heavy atom. The van der Waals surface area contributed by atoms with E-state index in [1.807, 2.05) is 0 Å². The summed E-state index contributed by atoms with van der Waals surface area (Å²) in [6.07, 6.45) is 2.24. The third kappa shape index (κ3) is 3.91. The highest BCUT2D eigenvalue weighted by molar-refractivity contribution is 5.79.